The molecule has 2 saturated heterocycles. The molecule has 0 radical (unpaired) electrons. The number of pyridine rings is 1. The summed E-state index contributed by atoms with van der Waals surface area (Å²) in [4.78, 5) is 7.27. The zero-order valence-corrected chi connectivity index (χ0v) is 12.8. The highest BCUT2D eigenvalue weighted by Crippen LogP contribution is 2.30. The number of aryl methyl sites for hydroxylation is 1. The summed E-state index contributed by atoms with van der Waals surface area (Å²) in [5, 5.41) is 3.75. The Morgan fingerprint density at radius 1 is 1.30 bits per heavy atom. The average Bonchev–Trinajstić information content (AvgIpc) is 2.79. The Balaban J connectivity index is 1.70. The first-order chi connectivity index (χ1) is 9.76. The number of rotatable bonds is 5. The zero-order valence-electron chi connectivity index (χ0n) is 12.8. The van der Waals surface area contributed by atoms with E-state index in [1.54, 1.807) is 0 Å². The summed E-state index contributed by atoms with van der Waals surface area (Å²) < 4.78 is 0. The van der Waals surface area contributed by atoms with E-state index < -0.39 is 0 Å². The van der Waals surface area contributed by atoms with Crippen LogP contribution >= 0.6 is 0 Å². The molecule has 110 valence electrons. The zero-order chi connectivity index (χ0) is 13.9. The van der Waals surface area contributed by atoms with Gasteiger partial charge in [0.15, 0.2) is 0 Å². The van der Waals surface area contributed by atoms with Gasteiger partial charge in [-0.2, -0.15) is 0 Å². The molecule has 1 N–H and O–H groups in total. The van der Waals surface area contributed by atoms with E-state index in [1.807, 2.05) is 12.3 Å². The van der Waals surface area contributed by atoms with Crippen molar-refractivity contribution in [3.63, 3.8) is 0 Å². The Morgan fingerprint density at radius 2 is 2.05 bits per heavy atom. The highest BCUT2D eigenvalue weighted by atomic mass is 15.2. The molecule has 3 heterocycles. The van der Waals surface area contributed by atoms with Gasteiger partial charge in [0.2, 0.25) is 0 Å². The minimum Gasteiger partial charge on any atom is -0.311 e. The third kappa shape index (κ3) is 3.04. The molecule has 20 heavy (non-hydrogen) atoms. The van der Waals surface area contributed by atoms with Crippen molar-refractivity contribution >= 4 is 0 Å². The molecular weight excluding hydrogens is 246 g/mol. The Labute approximate surface area is 122 Å². The molecular formula is C17H27N3. The van der Waals surface area contributed by atoms with Crippen molar-refractivity contribution in [2.24, 2.45) is 0 Å². The second-order valence-electron chi connectivity index (χ2n) is 6.50. The second kappa shape index (κ2) is 6.23. The average molecular weight is 273 g/mol. The molecule has 0 spiro atoms. The van der Waals surface area contributed by atoms with Gasteiger partial charge in [-0.15, -0.1) is 0 Å². The molecule has 0 aromatic carbocycles. The number of hydrogen-bond acceptors (Lipinski definition) is 3. The molecule has 2 atom stereocenters. The fourth-order valence-electron chi connectivity index (χ4n) is 3.88. The maximum atomic E-state index is 4.59. The first-order valence-corrected chi connectivity index (χ1v) is 8.17. The molecule has 0 saturated carbocycles. The third-order valence-corrected chi connectivity index (χ3v) is 4.95. The van der Waals surface area contributed by atoms with Gasteiger partial charge in [-0.25, -0.2) is 0 Å². The van der Waals surface area contributed by atoms with Crippen LogP contribution in [0.2, 0.25) is 0 Å². The van der Waals surface area contributed by atoms with E-state index in [1.165, 1.54) is 49.9 Å². The summed E-state index contributed by atoms with van der Waals surface area (Å²) in [6.45, 7) is 6.68. The van der Waals surface area contributed by atoms with E-state index in [9.17, 15) is 0 Å². The maximum Gasteiger partial charge on any atom is 0.0573 e. The minimum atomic E-state index is 0.745. The molecule has 2 unspecified atom stereocenters. The predicted molar refractivity (Wildman–Crippen MR) is 82.6 cm³/mol. The lowest BCUT2D eigenvalue weighted by Gasteiger charge is -2.37. The molecule has 2 bridgehead atoms. The minimum absolute atomic E-state index is 0.745. The molecule has 1 aromatic heterocycles. The van der Waals surface area contributed by atoms with Crippen molar-refractivity contribution in [1.29, 1.82) is 0 Å². The van der Waals surface area contributed by atoms with Crippen molar-refractivity contribution in [3.8, 4) is 0 Å². The fourth-order valence-corrected chi connectivity index (χ4v) is 3.88. The lowest BCUT2D eigenvalue weighted by molar-refractivity contribution is 0.132. The highest BCUT2D eigenvalue weighted by molar-refractivity contribution is 5.17. The van der Waals surface area contributed by atoms with Gasteiger partial charge in [-0.3, -0.25) is 9.88 Å². The number of fused-ring (bicyclic) bond motifs is 2. The highest BCUT2D eigenvalue weighted by Gasteiger charge is 2.35. The molecule has 2 fully saturated rings. The van der Waals surface area contributed by atoms with Crippen LogP contribution in [0.15, 0.2) is 18.3 Å². The smallest absolute Gasteiger partial charge is 0.0573 e. The number of hydrogen-bond donors (Lipinski definition) is 1. The van der Waals surface area contributed by atoms with Crippen molar-refractivity contribution in [2.75, 3.05) is 6.54 Å². The van der Waals surface area contributed by atoms with Crippen molar-refractivity contribution in [3.05, 3.63) is 29.6 Å². The van der Waals surface area contributed by atoms with Crippen molar-refractivity contribution < 1.29 is 0 Å². The van der Waals surface area contributed by atoms with E-state index in [0.717, 1.165) is 24.7 Å². The van der Waals surface area contributed by atoms with E-state index in [4.69, 9.17) is 0 Å². The number of aromatic nitrogens is 1. The van der Waals surface area contributed by atoms with Crippen LogP contribution in [0.4, 0.5) is 0 Å². The largest absolute Gasteiger partial charge is 0.311 e. The summed E-state index contributed by atoms with van der Waals surface area (Å²) in [7, 11) is 0. The lowest BCUT2D eigenvalue weighted by Crippen LogP contribution is -2.48. The van der Waals surface area contributed by atoms with Gasteiger partial charge in [-0.05, 0) is 57.2 Å². The molecule has 3 heteroatoms. The van der Waals surface area contributed by atoms with E-state index in [2.05, 4.69) is 35.1 Å². The molecule has 0 amide bonds. The summed E-state index contributed by atoms with van der Waals surface area (Å²) in [6, 6.07) is 6.49. The monoisotopic (exact) mass is 273 g/mol. The lowest BCUT2D eigenvalue weighted by atomic mass is 9.97. The molecule has 0 aliphatic carbocycles. The van der Waals surface area contributed by atoms with Crippen LogP contribution in [0.1, 0.15) is 50.3 Å². The normalized spacial score (nSPS) is 29.1. The van der Waals surface area contributed by atoms with Crippen LogP contribution in [-0.2, 0) is 6.54 Å². The van der Waals surface area contributed by atoms with Crippen LogP contribution < -0.4 is 5.32 Å². The van der Waals surface area contributed by atoms with Gasteiger partial charge >= 0.3 is 0 Å². The fraction of sp³-hybridized carbons (Fsp3) is 0.706. The van der Waals surface area contributed by atoms with E-state index >= 15 is 0 Å². The Morgan fingerprint density at radius 3 is 2.70 bits per heavy atom. The quantitative estimate of drug-likeness (QED) is 0.894. The van der Waals surface area contributed by atoms with E-state index in [0.29, 0.717) is 0 Å². The van der Waals surface area contributed by atoms with Crippen molar-refractivity contribution in [2.45, 2.75) is 70.6 Å². The number of nitrogens with zero attached hydrogens (tertiary/aromatic N) is 2. The second-order valence-corrected chi connectivity index (χ2v) is 6.50. The summed E-state index contributed by atoms with van der Waals surface area (Å²) in [5.74, 6) is 0. The Kier molecular flexibility index (Phi) is 4.37. The topological polar surface area (TPSA) is 28.2 Å². The molecule has 1 aromatic rings. The molecule has 3 nitrogen and oxygen atoms in total. The summed E-state index contributed by atoms with van der Waals surface area (Å²) >= 11 is 0. The summed E-state index contributed by atoms with van der Waals surface area (Å²) in [5.41, 5.74) is 2.58. The molecule has 2 aliphatic heterocycles. The van der Waals surface area contributed by atoms with Crippen LogP contribution in [0.3, 0.4) is 0 Å². The van der Waals surface area contributed by atoms with Gasteiger partial charge < -0.3 is 5.32 Å². The maximum absolute atomic E-state index is 4.59. The number of nitrogens with one attached hydrogen (secondary N) is 1. The van der Waals surface area contributed by atoms with Gasteiger partial charge in [0.1, 0.15) is 0 Å². The molecule has 3 rings (SSSR count). The third-order valence-electron chi connectivity index (χ3n) is 4.95. The van der Waals surface area contributed by atoms with Crippen molar-refractivity contribution in [1.82, 2.24) is 15.2 Å². The number of piperidine rings is 1. The first kappa shape index (κ1) is 14.0. The molecule has 2 aliphatic rings. The van der Waals surface area contributed by atoms with Gasteiger partial charge in [0.25, 0.3) is 0 Å². The van der Waals surface area contributed by atoms with Crippen LogP contribution in [-0.4, -0.2) is 34.6 Å². The Hall–Kier alpha value is -0.930. The van der Waals surface area contributed by atoms with Crippen LogP contribution in [0.25, 0.3) is 0 Å². The van der Waals surface area contributed by atoms with Gasteiger partial charge in [0, 0.05) is 30.9 Å². The van der Waals surface area contributed by atoms with Crippen LogP contribution in [0, 0.1) is 6.92 Å². The first-order valence-electron chi connectivity index (χ1n) is 8.17. The Bertz CT molecular complexity index is 434. The van der Waals surface area contributed by atoms with Crippen LogP contribution in [0.5, 0.6) is 0 Å². The summed E-state index contributed by atoms with van der Waals surface area (Å²) in [6.07, 6.45) is 8.56. The van der Waals surface area contributed by atoms with E-state index in [-0.39, 0.29) is 0 Å². The predicted octanol–water partition coefficient (Wildman–Crippen LogP) is 2.89. The van der Waals surface area contributed by atoms with Gasteiger partial charge in [0.05, 0.1) is 5.69 Å². The standard InChI is InChI=1S/C17H27N3/c1-3-9-20(12-17-13(2)5-4-8-18-17)16-10-14-6-7-15(11-16)19-14/h4-5,8,14-16,19H,3,6-7,9-12H2,1-2H3. The SMILES string of the molecule is CCCN(Cc1ncccc1C)C1CC2CCC(C1)N2. The van der Waals surface area contributed by atoms with Gasteiger partial charge in [-0.1, -0.05) is 13.0 Å².